The van der Waals surface area contributed by atoms with Crippen LogP contribution in [0.4, 0.5) is 5.82 Å². The van der Waals surface area contributed by atoms with Crippen molar-refractivity contribution in [3.05, 3.63) is 11.3 Å². The van der Waals surface area contributed by atoms with E-state index in [1.165, 1.54) is 17.1 Å². The molecule has 1 aromatic rings. The van der Waals surface area contributed by atoms with Crippen LogP contribution in [-0.2, 0) is 13.1 Å². The lowest BCUT2D eigenvalue weighted by molar-refractivity contribution is 0.378. The summed E-state index contributed by atoms with van der Waals surface area (Å²) in [5.74, 6) is 3.42. The van der Waals surface area contributed by atoms with E-state index in [0.29, 0.717) is 6.01 Å². The van der Waals surface area contributed by atoms with Crippen molar-refractivity contribution in [2.75, 3.05) is 36.6 Å². The first-order valence-corrected chi connectivity index (χ1v) is 7.01. The Morgan fingerprint density at radius 2 is 2.06 bits per heavy atom. The highest BCUT2D eigenvalue weighted by molar-refractivity contribution is 7.99. The molecule has 3 heterocycles. The van der Waals surface area contributed by atoms with Gasteiger partial charge in [0.1, 0.15) is 5.82 Å². The summed E-state index contributed by atoms with van der Waals surface area (Å²) in [5, 5.41) is 3.33. The molecular formula is C11H16N4OS. The summed E-state index contributed by atoms with van der Waals surface area (Å²) in [6.07, 6.45) is 0. The summed E-state index contributed by atoms with van der Waals surface area (Å²) < 4.78 is 5.19. The minimum Gasteiger partial charge on any atom is -0.467 e. The van der Waals surface area contributed by atoms with E-state index in [9.17, 15) is 0 Å². The van der Waals surface area contributed by atoms with Gasteiger partial charge < -0.3 is 15.0 Å². The summed E-state index contributed by atoms with van der Waals surface area (Å²) in [6.45, 7) is 3.83. The molecule has 0 atom stereocenters. The normalized spacial score (nSPS) is 19.2. The fourth-order valence-electron chi connectivity index (χ4n) is 2.26. The molecule has 0 aliphatic carbocycles. The molecule has 0 saturated carbocycles. The number of ether oxygens (including phenoxy) is 1. The SMILES string of the molecule is COc1nc2c(c(N3CCSCC3)n1)CNC2. The maximum atomic E-state index is 5.19. The second-order valence-electron chi connectivity index (χ2n) is 4.16. The molecule has 1 saturated heterocycles. The molecule has 0 radical (unpaired) electrons. The molecular weight excluding hydrogens is 236 g/mol. The zero-order valence-electron chi connectivity index (χ0n) is 9.90. The van der Waals surface area contributed by atoms with Crippen LogP contribution in [0.3, 0.4) is 0 Å². The standard InChI is InChI=1S/C11H16N4OS/c1-16-11-13-9-7-12-6-8(9)10(14-11)15-2-4-17-5-3-15/h12H,2-7H2,1H3. The molecule has 5 nitrogen and oxygen atoms in total. The van der Waals surface area contributed by atoms with Crippen LogP contribution in [0.15, 0.2) is 0 Å². The molecule has 0 unspecified atom stereocenters. The highest BCUT2D eigenvalue weighted by Gasteiger charge is 2.24. The van der Waals surface area contributed by atoms with Crippen molar-refractivity contribution < 1.29 is 4.74 Å². The van der Waals surface area contributed by atoms with Gasteiger partial charge in [0, 0.05) is 43.2 Å². The molecule has 0 spiro atoms. The largest absolute Gasteiger partial charge is 0.467 e. The van der Waals surface area contributed by atoms with Crippen LogP contribution >= 0.6 is 11.8 Å². The molecule has 0 amide bonds. The molecule has 1 N–H and O–H groups in total. The third kappa shape index (κ3) is 2.07. The number of anilines is 1. The van der Waals surface area contributed by atoms with E-state index >= 15 is 0 Å². The summed E-state index contributed by atoms with van der Waals surface area (Å²) in [6, 6.07) is 0.487. The van der Waals surface area contributed by atoms with Crippen LogP contribution in [0.1, 0.15) is 11.3 Å². The van der Waals surface area contributed by atoms with Crippen molar-refractivity contribution in [1.82, 2.24) is 15.3 Å². The van der Waals surface area contributed by atoms with Crippen molar-refractivity contribution in [1.29, 1.82) is 0 Å². The fraction of sp³-hybridized carbons (Fsp3) is 0.636. The van der Waals surface area contributed by atoms with Crippen LogP contribution in [0.25, 0.3) is 0 Å². The van der Waals surface area contributed by atoms with Gasteiger partial charge in [-0.3, -0.25) is 0 Å². The van der Waals surface area contributed by atoms with Crippen molar-refractivity contribution in [2.45, 2.75) is 13.1 Å². The molecule has 17 heavy (non-hydrogen) atoms. The van der Waals surface area contributed by atoms with Gasteiger partial charge in [-0.1, -0.05) is 0 Å². The van der Waals surface area contributed by atoms with Crippen molar-refractivity contribution in [3.8, 4) is 6.01 Å². The minimum absolute atomic E-state index is 0.487. The first kappa shape index (κ1) is 11.1. The maximum absolute atomic E-state index is 5.19. The maximum Gasteiger partial charge on any atom is 0.318 e. The molecule has 6 heteroatoms. The number of rotatable bonds is 2. The van der Waals surface area contributed by atoms with E-state index in [4.69, 9.17) is 4.74 Å². The second kappa shape index (κ2) is 4.70. The van der Waals surface area contributed by atoms with Crippen LogP contribution in [0.5, 0.6) is 6.01 Å². The smallest absolute Gasteiger partial charge is 0.318 e. The monoisotopic (exact) mass is 252 g/mol. The van der Waals surface area contributed by atoms with Gasteiger partial charge in [0.15, 0.2) is 0 Å². The lowest BCUT2D eigenvalue weighted by Crippen LogP contribution is -2.34. The average molecular weight is 252 g/mol. The van der Waals surface area contributed by atoms with E-state index in [1.807, 2.05) is 11.8 Å². The van der Waals surface area contributed by atoms with Crippen molar-refractivity contribution >= 4 is 17.6 Å². The molecule has 0 bridgehead atoms. The number of hydrogen-bond acceptors (Lipinski definition) is 6. The number of thioether (sulfide) groups is 1. The van der Waals surface area contributed by atoms with Crippen LogP contribution < -0.4 is 15.0 Å². The Morgan fingerprint density at radius 1 is 1.24 bits per heavy atom. The van der Waals surface area contributed by atoms with Gasteiger partial charge in [0.2, 0.25) is 0 Å². The number of nitrogens with one attached hydrogen (secondary N) is 1. The van der Waals surface area contributed by atoms with Gasteiger partial charge in [-0.2, -0.15) is 21.7 Å². The Kier molecular flexibility index (Phi) is 3.07. The second-order valence-corrected chi connectivity index (χ2v) is 5.39. The van der Waals surface area contributed by atoms with Crippen molar-refractivity contribution in [3.63, 3.8) is 0 Å². The Labute approximate surface area is 105 Å². The van der Waals surface area contributed by atoms with E-state index in [-0.39, 0.29) is 0 Å². The van der Waals surface area contributed by atoms with Gasteiger partial charge in [-0.25, -0.2) is 0 Å². The zero-order chi connectivity index (χ0) is 11.7. The van der Waals surface area contributed by atoms with Gasteiger partial charge in [-0.15, -0.1) is 0 Å². The molecule has 1 fully saturated rings. The predicted octanol–water partition coefficient (Wildman–Crippen LogP) is 0.642. The first-order chi connectivity index (χ1) is 8.38. The highest BCUT2D eigenvalue weighted by Crippen LogP contribution is 2.28. The zero-order valence-corrected chi connectivity index (χ0v) is 10.7. The van der Waals surface area contributed by atoms with Crippen LogP contribution in [-0.4, -0.2) is 41.7 Å². The molecule has 0 aromatic carbocycles. The number of nitrogens with zero attached hydrogens (tertiary/aromatic N) is 3. The molecule has 3 rings (SSSR count). The summed E-state index contributed by atoms with van der Waals surface area (Å²) in [4.78, 5) is 11.3. The Balaban J connectivity index is 1.98. The Bertz CT molecular complexity index is 420. The van der Waals surface area contributed by atoms with E-state index in [2.05, 4.69) is 20.2 Å². The first-order valence-electron chi connectivity index (χ1n) is 5.85. The number of hydrogen-bond donors (Lipinski definition) is 1. The van der Waals surface area contributed by atoms with Crippen molar-refractivity contribution in [2.24, 2.45) is 0 Å². The van der Waals surface area contributed by atoms with E-state index in [1.54, 1.807) is 7.11 Å². The minimum atomic E-state index is 0.487. The molecule has 2 aliphatic heterocycles. The summed E-state index contributed by atoms with van der Waals surface area (Å²) in [7, 11) is 1.62. The van der Waals surface area contributed by atoms with Gasteiger partial charge in [0.25, 0.3) is 0 Å². The van der Waals surface area contributed by atoms with Crippen LogP contribution in [0.2, 0.25) is 0 Å². The Morgan fingerprint density at radius 3 is 2.82 bits per heavy atom. The Hall–Kier alpha value is -1.01. The van der Waals surface area contributed by atoms with Gasteiger partial charge in [-0.05, 0) is 0 Å². The van der Waals surface area contributed by atoms with Gasteiger partial charge in [0.05, 0.1) is 12.8 Å². The summed E-state index contributed by atoms with van der Waals surface area (Å²) >= 11 is 2.00. The topological polar surface area (TPSA) is 50.3 Å². The quantitative estimate of drug-likeness (QED) is 0.833. The third-order valence-corrected chi connectivity index (χ3v) is 4.08. The average Bonchev–Trinajstić information content (AvgIpc) is 2.86. The lowest BCUT2D eigenvalue weighted by atomic mass is 10.2. The highest BCUT2D eigenvalue weighted by atomic mass is 32.2. The third-order valence-electron chi connectivity index (χ3n) is 3.14. The van der Waals surface area contributed by atoms with Crippen LogP contribution in [0, 0.1) is 0 Å². The predicted molar refractivity (Wildman–Crippen MR) is 68.7 cm³/mol. The molecule has 2 aliphatic rings. The number of fused-ring (bicyclic) bond motifs is 1. The molecule has 1 aromatic heterocycles. The lowest BCUT2D eigenvalue weighted by Gasteiger charge is -2.28. The van der Waals surface area contributed by atoms with E-state index < -0.39 is 0 Å². The number of methoxy groups -OCH3 is 1. The summed E-state index contributed by atoms with van der Waals surface area (Å²) in [5.41, 5.74) is 2.34. The number of aromatic nitrogens is 2. The fourth-order valence-corrected chi connectivity index (χ4v) is 3.16. The van der Waals surface area contributed by atoms with E-state index in [0.717, 1.165) is 37.7 Å². The molecule has 92 valence electrons. The van der Waals surface area contributed by atoms with Gasteiger partial charge >= 0.3 is 6.01 Å².